The number of para-hydroxylation sites is 1. The number of halogens is 1. The van der Waals surface area contributed by atoms with Gasteiger partial charge in [-0.15, -0.1) is 0 Å². The van der Waals surface area contributed by atoms with Crippen molar-refractivity contribution >= 4 is 15.9 Å². The molecular formula is C10H9BrN2. The van der Waals surface area contributed by atoms with Gasteiger partial charge in [-0.3, -0.25) is 0 Å². The predicted molar refractivity (Wildman–Crippen MR) is 56.2 cm³/mol. The minimum Gasteiger partial charge on any atom is -0.306 e. The van der Waals surface area contributed by atoms with Crippen molar-refractivity contribution in [2.75, 3.05) is 0 Å². The van der Waals surface area contributed by atoms with Crippen LogP contribution in [0.1, 0.15) is 5.69 Å². The quantitative estimate of drug-likeness (QED) is 0.734. The summed E-state index contributed by atoms with van der Waals surface area (Å²) >= 11 is 3.37. The van der Waals surface area contributed by atoms with E-state index in [0.717, 1.165) is 16.7 Å². The maximum Gasteiger partial charge on any atom is 0.0995 e. The van der Waals surface area contributed by atoms with Crippen LogP contribution in [0.3, 0.4) is 0 Å². The van der Waals surface area contributed by atoms with Crippen LogP contribution in [0, 0.1) is 0 Å². The Morgan fingerprint density at radius 2 is 2.00 bits per heavy atom. The van der Waals surface area contributed by atoms with Gasteiger partial charge in [0.1, 0.15) is 0 Å². The Bertz CT molecular complexity index is 381. The van der Waals surface area contributed by atoms with Crippen molar-refractivity contribution in [3.05, 3.63) is 48.5 Å². The maximum atomic E-state index is 4.23. The van der Waals surface area contributed by atoms with Crippen LogP contribution in [0.2, 0.25) is 0 Å². The topological polar surface area (TPSA) is 17.8 Å². The third-order valence-electron chi connectivity index (χ3n) is 1.83. The van der Waals surface area contributed by atoms with Crippen LogP contribution in [0.5, 0.6) is 0 Å². The third kappa shape index (κ3) is 1.80. The normalized spacial score (nSPS) is 10.2. The largest absolute Gasteiger partial charge is 0.306 e. The summed E-state index contributed by atoms with van der Waals surface area (Å²) in [7, 11) is 0. The number of nitrogens with zero attached hydrogens (tertiary/aromatic N) is 2. The summed E-state index contributed by atoms with van der Waals surface area (Å²) in [6.07, 6.45) is 3.84. The van der Waals surface area contributed by atoms with Gasteiger partial charge in [-0.05, 0) is 12.1 Å². The molecule has 0 aliphatic carbocycles. The number of aromatic nitrogens is 2. The van der Waals surface area contributed by atoms with E-state index in [1.165, 1.54) is 0 Å². The second-order valence-electron chi connectivity index (χ2n) is 2.74. The van der Waals surface area contributed by atoms with E-state index in [4.69, 9.17) is 0 Å². The zero-order valence-corrected chi connectivity index (χ0v) is 8.61. The molecular weight excluding hydrogens is 228 g/mol. The Labute approximate surface area is 85.4 Å². The second kappa shape index (κ2) is 3.75. The summed E-state index contributed by atoms with van der Waals surface area (Å²) in [6, 6.07) is 10.2. The molecule has 2 rings (SSSR count). The first-order valence-corrected chi connectivity index (χ1v) is 5.16. The summed E-state index contributed by atoms with van der Waals surface area (Å²) in [5.41, 5.74) is 2.19. The molecule has 66 valence electrons. The summed E-state index contributed by atoms with van der Waals surface area (Å²) in [5, 5.41) is 0.798. The molecule has 0 saturated carbocycles. The fourth-order valence-corrected chi connectivity index (χ4v) is 1.46. The fraction of sp³-hybridized carbons (Fsp3) is 0.100. The molecule has 0 amide bonds. The van der Waals surface area contributed by atoms with Crippen molar-refractivity contribution in [1.29, 1.82) is 0 Å². The molecule has 0 aliphatic heterocycles. The van der Waals surface area contributed by atoms with Crippen molar-refractivity contribution in [2.45, 2.75) is 5.33 Å². The van der Waals surface area contributed by atoms with Gasteiger partial charge in [0.25, 0.3) is 0 Å². The predicted octanol–water partition coefficient (Wildman–Crippen LogP) is 2.77. The molecule has 2 nitrogen and oxygen atoms in total. The molecule has 0 aliphatic rings. The first-order valence-electron chi connectivity index (χ1n) is 4.04. The number of rotatable bonds is 2. The van der Waals surface area contributed by atoms with Gasteiger partial charge in [0.2, 0.25) is 0 Å². The molecule has 3 heteroatoms. The Balaban J connectivity index is 2.36. The van der Waals surface area contributed by atoms with Gasteiger partial charge >= 0.3 is 0 Å². The van der Waals surface area contributed by atoms with E-state index in [2.05, 4.69) is 33.0 Å². The van der Waals surface area contributed by atoms with Gasteiger partial charge in [-0.2, -0.15) is 0 Å². The average molecular weight is 237 g/mol. The lowest BCUT2D eigenvalue weighted by Crippen LogP contribution is -1.87. The van der Waals surface area contributed by atoms with Gasteiger partial charge < -0.3 is 4.57 Å². The summed E-state index contributed by atoms with van der Waals surface area (Å²) < 4.78 is 2.01. The Morgan fingerprint density at radius 3 is 2.62 bits per heavy atom. The van der Waals surface area contributed by atoms with E-state index < -0.39 is 0 Å². The van der Waals surface area contributed by atoms with E-state index in [0.29, 0.717) is 0 Å². The van der Waals surface area contributed by atoms with E-state index in [9.17, 15) is 0 Å². The van der Waals surface area contributed by atoms with Crippen LogP contribution in [-0.4, -0.2) is 9.55 Å². The van der Waals surface area contributed by atoms with E-state index in [-0.39, 0.29) is 0 Å². The molecule has 13 heavy (non-hydrogen) atoms. The summed E-state index contributed by atoms with van der Waals surface area (Å²) in [5.74, 6) is 0. The van der Waals surface area contributed by atoms with E-state index in [1.807, 2.05) is 35.3 Å². The number of alkyl halides is 1. The molecule has 0 saturated heterocycles. The smallest absolute Gasteiger partial charge is 0.0995 e. The molecule has 0 fully saturated rings. The molecule has 0 atom stereocenters. The van der Waals surface area contributed by atoms with Crippen LogP contribution < -0.4 is 0 Å². The zero-order valence-electron chi connectivity index (χ0n) is 7.02. The highest BCUT2D eigenvalue weighted by Gasteiger charge is 1.97. The number of benzene rings is 1. The highest BCUT2D eigenvalue weighted by Crippen LogP contribution is 2.09. The number of imidazole rings is 1. The molecule has 1 aromatic heterocycles. The fourth-order valence-electron chi connectivity index (χ4n) is 1.17. The molecule has 0 N–H and O–H groups in total. The van der Waals surface area contributed by atoms with Crippen molar-refractivity contribution in [3.63, 3.8) is 0 Å². The van der Waals surface area contributed by atoms with Crippen LogP contribution in [-0.2, 0) is 5.33 Å². The van der Waals surface area contributed by atoms with Crippen molar-refractivity contribution in [3.8, 4) is 5.69 Å². The Morgan fingerprint density at radius 1 is 1.23 bits per heavy atom. The van der Waals surface area contributed by atoms with Gasteiger partial charge in [-0.25, -0.2) is 4.98 Å². The molecule has 1 heterocycles. The van der Waals surface area contributed by atoms with Crippen molar-refractivity contribution in [2.24, 2.45) is 0 Å². The first-order chi connectivity index (χ1) is 6.40. The monoisotopic (exact) mass is 236 g/mol. The van der Waals surface area contributed by atoms with Gasteiger partial charge in [0, 0.05) is 17.2 Å². The van der Waals surface area contributed by atoms with E-state index in [1.54, 1.807) is 0 Å². The highest BCUT2D eigenvalue weighted by atomic mass is 79.9. The zero-order chi connectivity index (χ0) is 9.10. The average Bonchev–Trinajstić information content (AvgIpc) is 2.67. The maximum absolute atomic E-state index is 4.23. The van der Waals surface area contributed by atoms with Crippen molar-refractivity contribution < 1.29 is 0 Å². The molecule has 0 unspecified atom stereocenters. The lowest BCUT2D eigenvalue weighted by Gasteiger charge is -1.98. The standard InChI is InChI=1S/C10H9BrN2/c11-6-9-7-13(8-12-9)10-4-2-1-3-5-10/h1-5,7-8H,6H2. The Kier molecular flexibility index (Phi) is 2.45. The highest BCUT2D eigenvalue weighted by molar-refractivity contribution is 9.08. The number of hydrogen-bond acceptors (Lipinski definition) is 1. The van der Waals surface area contributed by atoms with Gasteiger partial charge in [-0.1, -0.05) is 34.1 Å². The van der Waals surface area contributed by atoms with Gasteiger partial charge in [0.15, 0.2) is 0 Å². The van der Waals surface area contributed by atoms with Gasteiger partial charge in [0.05, 0.1) is 12.0 Å². The minimum atomic E-state index is 0.798. The SMILES string of the molecule is BrCc1cn(-c2ccccc2)cn1. The van der Waals surface area contributed by atoms with Crippen LogP contribution in [0.15, 0.2) is 42.9 Å². The number of hydrogen-bond donors (Lipinski definition) is 0. The molecule has 2 aromatic rings. The minimum absolute atomic E-state index is 0.798. The van der Waals surface area contributed by atoms with Crippen LogP contribution >= 0.6 is 15.9 Å². The summed E-state index contributed by atoms with van der Waals surface area (Å²) in [4.78, 5) is 4.23. The summed E-state index contributed by atoms with van der Waals surface area (Å²) in [6.45, 7) is 0. The first kappa shape index (κ1) is 8.51. The van der Waals surface area contributed by atoms with Crippen LogP contribution in [0.4, 0.5) is 0 Å². The molecule has 1 aromatic carbocycles. The Hall–Kier alpha value is -1.09. The molecule has 0 spiro atoms. The van der Waals surface area contributed by atoms with E-state index >= 15 is 0 Å². The molecule has 0 radical (unpaired) electrons. The lowest BCUT2D eigenvalue weighted by molar-refractivity contribution is 1.06. The lowest BCUT2D eigenvalue weighted by atomic mass is 10.3. The third-order valence-corrected chi connectivity index (χ3v) is 2.40. The van der Waals surface area contributed by atoms with Crippen molar-refractivity contribution in [1.82, 2.24) is 9.55 Å². The second-order valence-corrected chi connectivity index (χ2v) is 3.30. The molecule has 0 bridgehead atoms. The van der Waals surface area contributed by atoms with Crippen LogP contribution in [0.25, 0.3) is 5.69 Å².